The highest BCUT2D eigenvalue weighted by atomic mass is 127. The number of halogens is 3. The first-order chi connectivity index (χ1) is 38.4. The second kappa shape index (κ2) is 24.8. The van der Waals surface area contributed by atoms with Gasteiger partial charge in [-0.05, 0) is 167 Å². The topological polar surface area (TPSA) is 169 Å². The molecule has 0 bridgehead atoms. The number of aromatic nitrogens is 2. The summed E-state index contributed by atoms with van der Waals surface area (Å²) in [6.07, 6.45) is 4.16. The van der Waals surface area contributed by atoms with Crippen LogP contribution in [0.3, 0.4) is 0 Å². The molecule has 6 aromatic rings. The van der Waals surface area contributed by atoms with Gasteiger partial charge in [0.05, 0.1) is 46.3 Å². The van der Waals surface area contributed by atoms with E-state index in [0.29, 0.717) is 49.9 Å². The highest BCUT2D eigenvalue weighted by Crippen LogP contribution is 2.47. The lowest BCUT2D eigenvalue weighted by Gasteiger charge is -2.45. The average molecular weight is 1230 g/mol. The molecule has 3 aliphatic rings. The molecule has 2 aromatic heterocycles. The summed E-state index contributed by atoms with van der Waals surface area (Å²) < 4.78 is 55.8. The Morgan fingerprint density at radius 2 is 0.976 bits per heavy atom. The molecule has 14 nitrogen and oxygen atoms in total. The predicted molar refractivity (Wildman–Crippen MR) is 320 cm³/mol. The van der Waals surface area contributed by atoms with Crippen molar-refractivity contribution >= 4 is 47.4 Å². The molecule has 2 amide bonds. The number of carbonyl (C=O) groups is 2. The van der Waals surface area contributed by atoms with E-state index in [1.165, 1.54) is 28.8 Å². The van der Waals surface area contributed by atoms with Crippen LogP contribution in [0.2, 0.25) is 0 Å². The molecule has 3 aliphatic heterocycles. The molecule has 18 heteroatoms. The smallest absolute Gasteiger partial charge is 0.438 e. The van der Waals surface area contributed by atoms with Crippen molar-refractivity contribution in [2.24, 2.45) is 24.9 Å². The summed E-state index contributed by atoms with van der Waals surface area (Å²) in [5, 5.41) is 19.3. The fraction of sp³-hybridized carbons (Fsp3) is 0.406. The molecular formula is C64H72BF2IN6O8. The van der Waals surface area contributed by atoms with Gasteiger partial charge in [-0.25, -0.2) is 18.4 Å². The van der Waals surface area contributed by atoms with Crippen molar-refractivity contribution in [3.63, 3.8) is 0 Å². The van der Waals surface area contributed by atoms with Crippen LogP contribution in [0.4, 0.5) is 18.4 Å². The first-order valence-corrected chi connectivity index (χ1v) is 28.4. The number of ether oxygens (including phenoxy) is 2. The number of rotatable bonds is 12. The summed E-state index contributed by atoms with van der Waals surface area (Å²) >= 11 is 2.11. The van der Waals surface area contributed by atoms with Gasteiger partial charge >= 0.3 is 19.3 Å². The van der Waals surface area contributed by atoms with Crippen LogP contribution in [0.5, 0.6) is 0 Å². The Morgan fingerprint density at radius 1 is 0.585 bits per heavy atom. The van der Waals surface area contributed by atoms with Crippen LogP contribution in [-0.2, 0) is 44.1 Å². The van der Waals surface area contributed by atoms with E-state index in [2.05, 4.69) is 34.7 Å². The lowest BCUT2D eigenvalue weighted by Crippen LogP contribution is -2.50. The first-order valence-electron chi connectivity index (χ1n) is 27.3. The van der Waals surface area contributed by atoms with E-state index in [1.54, 1.807) is 77.3 Å². The van der Waals surface area contributed by atoms with E-state index in [-0.39, 0.29) is 34.8 Å². The molecule has 5 heterocycles. The Hall–Kier alpha value is -7.13. The van der Waals surface area contributed by atoms with Gasteiger partial charge in [0.1, 0.15) is 22.8 Å². The zero-order chi connectivity index (χ0) is 60.2. The largest absolute Gasteiger partial charge is 0.494 e. The molecule has 3 saturated heterocycles. The van der Waals surface area contributed by atoms with Crippen LogP contribution < -0.4 is 16.6 Å². The monoisotopic (exact) mass is 1230 g/mol. The zero-order valence-corrected chi connectivity index (χ0v) is 50.9. The van der Waals surface area contributed by atoms with Gasteiger partial charge in [-0.2, -0.15) is 10.5 Å². The summed E-state index contributed by atoms with van der Waals surface area (Å²) in [5.74, 6) is -0.732. The number of carbonyl (C=O) groups excluding carboxylic acids is 2. The predicted octanol–water partition coefficient (Wildman–Crippen LogP) is 12.8. The minimum atomic E-state index is -1.01. The second-order valence-electron chi connectivity index (χ2n) is 23.9. The summed E-state index contributed by atoms with van der Waals surface area (Å²) in [6.45, 7) is 20.1. The Labute approximate surface area is 493 Å². The lowest BCUT2D eigenvalue weighted by molar-refractivity contribution is -0.0777. The number of cyclic esters (lactones) is 2. The maximum absolute atomic E-state index is 13.6. The third-order valence-electron chi connectivity index (χ3n) is 16.1. The number of amides is 2. The van der Waals surface area contributed by atoms with Crippen molar-refractivity contribution in [1.82, 2.24) is 18.9 Å². The van der Waals surface area contributed by atoms with Gasteiger partial charge in [-0.1, -0.05) is 72.8 Å². The zero-order valence-electron chi connectivity index (χ0n) is 48.8. The number of pyridine rings is 2. The molecule has 0 aliphatic carbocycles. The first kappa shape index (κ1) is 62.5. The van der Waals surface area contributed by atoms with Gasteiger partial charge in [0.2, 0.25) is 0 Å². The van der Waals surface area contributed by atoms with Gasteiger partial charge in [0, 0.05) is 81.0 Å². The highest BCUT2D eigenvalue weighted by Gasteiger charge is 2.52. The van der Waals surface area contributed by atoms with Crippen molar-refractivity contribution in [3.05, 3.63) is 192 Å². The van der Waals surface area contributed by atoms with Gasteiger partial charge in [0.25, 0.3) is 11.1 Å². The Bertz CT molecular complexity index is 3450. The average Bonchev–Trinajstić information content (AvgIpc) is 3.79. The maximum atomic E-state index is 13.6. The summed E-state index contributed by atoms with van der Waals surface area (Å²) in [7, 11) is 2.99. The van der Waals surface area contributed by atoms with Gasteiger partial charge < -0.3 is 37.7 Å². The van der Waals surface area contributed by atoms with E-state index in [0.717, 1.165) is 31.3 Å². The molecule has 0 saturated carbocycles. The van der Waals surface area contributed by atoms with E-state index in [9.17, 15) is 38.5 Å². The molecule has 0 unspecified atom stereocenters. The minimum Gasteiger partial charge on any atom is -0.438 e. The molecular weight excluding hydrogens is 1160 g/mol. The molecule has 0 radical (unpaired) electrons. The normalized spacial score (nSPS) is 20.1. The Kier molecular flexibility index (Phi) is 18.9. The lowest BCUT2D eigenvalue weighted by atomic mass is 9.75. The quantitative estimate of drug-likeness (QED) is 0.0849. The van der Waals surface area contributed by atoms with E-state index >= 15 is 0 Å². The van der Waals surface area contributed by atoms with Crippen LogP contribution in [0.25, 0.3) is 11.1 Å². The maximum Gasteiger partial charge on any atom is 0.494 e. The van der Waals surface area contributed by atoms with E-state index < -0.39 is 52.5 Å². The van der Waals surface area contributed by atoms with Crippen molar-refractivity contribution in [1.29, 1.82) is 10.5 Å². The fourth-order valence-corrected chi connectivity index (χ4v) is 10.8. The number of benzene rings is 4. The molecule has 3 fully saturated rings. The molecule has 4 aromatic carbocycles. The number of hydrogen-bond donors (Lipinski definition) is 0. The van der Waals surface area contributed by atoms with Crippen molar-refractivity contribution < 1.29 is 37.2 Å². The van der Waals surface area contributed by atoms with Gasteiger partial charge in [-0.15, -0.1) is 0 Å². The number of nitriles is 2. The van der Waals surface area contributed by atoms with Crippen molar-refractivity contribution in [2.75, 3.05) is 13.1 Å². The van der Waals surface area contributed by atoms with Gasteiger partial charge in [0.15, 0.2) is 0 Å². The van der Waals surface area contributed by atoms with Crippen molar-refractivity contribution in [3.8, 4) is 23.3 Å². The van der Waals surface area contributed by atoms with Crippen LogP contribution in [0.15, 0.2) is 143 Å². The highest BCUT2D eigenvalue weighted by molar-refractivity contribution is 14.1. The molecule has 430 valence electrons. The van der Waals surface area contributed by atoms with Gasteiger partial charge in [-0.3, -0.25) is 9.59 Å². The third-order valence-corrected chi connectivity index (χ3v) is 16.8. The molecule has 9 rings (SSSR count). The third kappa shape index (κ3) is 14.4. The molecule has 82 heavy (non-hydrogen) atoms. The Morgan fingerprint density at radius 3 is 1.34 bits per heavy atom. The number of hydrogen-bond acceptors (Lipinski definition) is 10. The number of nitrogens with zero attached hydrogens (tertiary/aromatic N) is 6. The summed E-state index contributed by atoms with van der Waals surface area (Å²) in [4.78, 5) is 52.8. The minimum absolute atomic E-state index is 0.0434. The van der Waals surface area contributed by atoms with Crippen LogP contribution in [0, 0.1) is 48.7 Å². The number of aryl methyl sites for hydroxylation is 2. The fourth-order valence-electron chi connectivity index (χ4n) is 10.4. The van der Waals surface area contributed by atoms with E-state index in [4.69, 9.17) is 18.8 Å². The van der Waals surface area contributed by atoms with Crippen LogP contribution in [-0.4, -0.2) is 62.5 Å². The van der Waals surface area contributed by atoms with Crippen LogP contribution >= 0.6 is 22.6 Å². The molecule has 0 spiro atoms. The molecule has 4 atom stereocenters. The second-order valence-corrected chi connectivity index (χ2v) is 25.1. The Balaban J connectivity index is 0.000000205. The molecule has 0 N–H and O–H groups in total. The van der Waals surface area contributed by atoms with Crippen LogP contribution in [0.1, 0.15) is 129 Å². The SMILES string of the molecule is C[C@@H](c1ccc(-c2ccn(C)c(=O)c2)cc1)N1CC[C@](CC(C)(C)C#N)(c2ccc(F)cc2)OC1=O.C[C@@H](c1ccc(B2OC(C)(C)C(C)(C)O2)cc1)N1CC[C@](CC(C)(C)C#N)(c2ccc(F)cc2)OC1=O.Cn1ccc(I)cc1=O. The van der Waals surface area contributed by atoms with Crippen molar-refractivity contribution in [2.45, 2.75) is 129 Å². The summed E-state index contributed by atoms with van der Waals surface area (Å²) in [6, 6.07) is 38.8. The van der Waals surface area contributed by atoms with E-state index in [1.807, 2.05) is 130 Å². The summed E-state index contributed by atoms with van der Waals surface area (Å²) in [5.41, 5.74) is 1.60. The standard InChI is InChI=1S/C29H36BFN2O4.C29H30FN3O3.C6H6INO/c1-20(21-8-12-23(13-9-21)30-36-27(4,5)28(6,7)37-30)33-17-16-29(35-25(33)34,18-26(2,3)19-32)22-10-14-24(31)15-11-22;1-20(21-5-7-22(8-6-21)23-13-15-32(4)26(34)17-23)33-16-14-29(36-27(33)35,18-28(2,3)19-31)24-9-11-25(30)12-10-24;1-8-3-2-5(7)4-6(8)9/h8-15,20H,16-18H2,1-7H3;5-13,15,17,20H,14,16,18H2,1-4H3;2-4H,1H3/t2*20-,29-;/m00./s1.